The number of hydrogen-bond acceptors (Lipinski definition) is 3. The van der Waals surface area contributed by atoms with E-state index in [0.29, 0.717) is 5.75 Å². The van der Waals surface area contributed by atoms with Gasteiger partial charge < -0.3 is 5.11 Å². The molecule has 0 radical (unpaired) electrons. The summed E-state index contributed by atoms with van der Waals surface area (Å²) >= 11 is 1.41. The van der Waals surface area contributed by atoms with Gasteiger partial charge in [0.25, 0.3) is 0 Å². The summed E-state index contributed by atoms with van der Waals surface area (Å²) in [6.45, 7) is 1.87. The Bertz CT molecular complexity index is 601. The van der Waals surface area contributed by atoms with Crippen molar-refractivity contribution in [1.82, 2.24) is 4.98 Å². The standard InChI is InChI=1S/C13H12FNO2S/c1-8-6-12(18-5-4-13(16)17)10-7-9(14)2-3-11(10)15-8/h2-3,6-7H,4-5H2,1H3,(H,16,17). The molecule has 0 spiro atoms. The van der Waals surface area contributed by atoms with Crippen molar-refractivity contribution in [2.24, 2.45) is 0 Å². The predicted octanol–water partition coefficient (Wildman–Crippen LogP) is 3.25. The van der Waals surface area contributed by atoms with Crippen molar-refractivity contribution in [3.8, 4) is 0 Å². The van der Waals surface area contributed by atoms with Crippen molar-refractivity contribution in [2.75, 3.05) is 5.75 Å². The molecule has 0 bridgehead atoms. The van der Waals surface area contributed by atoms with Crippen molar-refractivity contribution in [3.63, 3.8) is 0 Å². The van der Waals surface area contributed by atoms with Crippen LogP contribution in [0, 0.1) is 12.7 Å². The van der Waals surface area contributed by atoms with Crippen molar-refractivity contribution >= 4 is 28.6 Å². The average molecular weight is 265 g/mol. The van der Waals surface area contributed by atoms with Crippen LogP contribution in [0.15, 0.2) is 29.2 Å². The Kier molecular flexibility index (Phi) is 3.81. The molecule has 0 aliphatic rings. The quantitative estimate of drug-likeness (QED) is 0.862. The van der Waals surface area contributed by atoms with Crippen LogP contribution in [0.1, 0.15) is 12.1 Å². The lowest BCUT2D eigenvalue weighted by Crippen LogP contribution is -1.96. The van der Waals surface area contributed by atoms with Crippen molar-refractivity contribution in [2.45, 2.75) is 18.2 Å². The first-order valence-electron chi connectivity index (χ1n) is 5.48. The van der Waals surface area contributed by atoms with Crippen LogP contribution in [0.4, 0.5) is 4.39 Å². The summed E-state index contributed by atoms with van der Waals surface area (Å²) in [5.74, 6) is -0.679. The van der Waals surface area contributed by atoms with Gasteiger partial charge >= 0.3 is 5.97 Å². The second-order valence-electron chi connectivity index (χ2n) is 3.92. The monoisotopic (exact) mass is 265 g/mol. The molecule has 1 aromatic heterocycles. The number of carboxylic acid groups (broad SMARTS) is 1. The Balaban J connectivity index is 2.35. The zero-order chi connectivity index (χ0) is 13.1. The van der Waals surface area contributed by atoms with E-state index >= 15 is 0 Å². The first-order chi connectivity index (χ1) is 8.56. The maximum absolute atomic E-state index is 13.2. The minimum Gasteiger partial charge on any atom is -0.481 e. The summed E-state index contributed by atoms with van der Waals surface area (Å²) in [7, 11) is 0. The van der Waals surface area contributed by atoms with Crippen LogP contribution >= 0.6 is 11.8 Å². The minimum atomic E-state index is -0.830. The number of halogens is 1. The fourth-order valence-electron chi connectivity index (χ4n) is 1.66. The van der Waals surface area contributed by atoms with Crippen LogP contribution in [0.25, 0.3) is 10.9 Å². The summed E-state index contributed by atoms with van der Waals surface area (Å²) < 4.78 is 13.2. The van der Waals surface area contributed by atoms with Gasteiger partial charge in [0.2, 0.25) is 0 Å². The van der Waals surface area contributed by atoms with E-state index in [1.807, 2.05) is 13.0 Å². The van der Waals surface area contributed by atoms with Crippen molar-refractivity contribution in [3.05, 3.63) is 35.8 Å². The lowest BCUT2D eigenvalue weighted by atomic mass is 10.2. The van der Waals surface area contributed by atoms with Crippen LogP contribution in [0.5, 0.6) is 0 Å². The first-order valence-corrected chi connectivity index (χ1v) is 6.46. The third-order valence-electron chi connectivity index (χ3n) is 2.43. The van der Waals surface area contributed by atoms with Gasteiger partial charge in [-0.25, -0.2) is 4.39 Å². The van der Waals surface area contributed by atoms with Gasteiger partial charge in [-0.1, -0.05) is 0 Å². The number of pyridine rings is 1. The molecule has 18 heavy (non-hydrogen) atoms. The maximum atomic E-state index is 13.2. The van der Waals surface area contributed by atoms with E-state index in [1.165, 1.54) is 23.9 Å². The molecule has 1 heterocycles. The zero-order valence-electron chi connectivity index (χ0n) is 9.81. The number of fused-ring (bicyclic) bond motifs is 1. The Morgan fingerprint density at radius 3 is 2.94 bits per heavy atom. The predicted molar refractivity (Wildman–Crippen MR) is 69.4 cm³/mol. The number of carboxylic acids is 1. The number of nitrogens with zero attached hydrogens (tertiary/aromatic N) is 1. The molecule has 2 aromatic rings. The van der Waals surface area contributed by atoms with E-state index in [1.54, 1.807) is 6.07 Å². The highest BCUT2D eigenvalue weighted by Crippen LogP contribution is 2.28. The number of aryl methyl sites for hydroxylation is 1. The Morgan fingerprint density at radius 2 is 2.22 bits per heavy atom. The fraction of sp³-hybridized carbons (Fsp3) is 0.231. The molecule has 0 fully saturated rings. The maximum Gasteiger partial charge on any atom is 0.304 e. The summed E-state index contributed by atoms with van der Waals surface area (Å²) in [6, 6.07) is 6.30. The second-order valence-corrected chi connectivity index (χ2v) is 5.05. The van der Waals surface area contributed by atoms with Crippen molar-refractivity contribution < 1.29 is 14.3 Å². The molecule has 0 atom stereocenters. The molecule has 3 nitrogen and oxygen atoms in total. The molecule has 94 valence electrons. The Morgan fingerprint density at radius 1 is 1.44 bits per heavy atom. The zero-order valence-corrected chi connectivity index (χ0v) is 10.6. The Hall–Kier alpha value is -1.62. The third-order valence-corrected chi connectivity index (χ3v) is 3.49. The normalized spacial score (nSPS) is 10.8. The minimum absolute atomic E-state index is 0.0862. The molecule has 2 rings (SSSR count). The molecule has 0 unspecified atom stereocenters. The highest BCUT2D eigenvalue weighted by Gasteiger charge is 2.07. The van der Waals surface area contributed by atoms with Gasteiger partial charge in [-0.2, -0.15) is 0 Å². The molecular formula is C13H12FNO2S. The summed E-state index contributed by atoms with van der Waals surface area (Å²) in [5.41, 5.74) is 1.57. The van der Waals surface area contributed by atoms with E-state index in [9.17, 15) is 9.18 Å². The van der Waals surface area contributed by atoms with E-state index in [0.717, 1.165) is 21.5 Å². The summed E-state index contributed by atoms with van der Waals surface area (Å²) in [6.07, 6.45) is 0.0862. The molecule has 0 aliphatic carbocycles. The van der Waals surface area contributed by atoms with E-state index in [4.69, 9.17) is 5.11 Å². The lowest BCUT2D eigenvalue weighted by Gasteiger charge is -2.07. The van der Waals surface area contributed by atoms with E-state index in [2.05, 4.69) is 4.98 Å². The SMILES string of the molecule is Cc1cc(SCCC(=O)O)c2cc(F)ccc2n1. The number of aliphatic carboxylic acids is 1. The molecule has 1 aromatic carbocycles. The molecule has 0 saturated heterocycles. The van der Waals surface area contributed by atoms with Crippen molar-refractivity contribution in [1.29, 1.82) is 0 Å². The molecule has 1 N–H and O–H groups in total. The van der Waals surface area contributed by atoms with Gasteiger partial charge in [0.05, 0.1) is 11.9 Å². The van der Waals surface area contributed by atoms with Gasteiger partial charge in [0.1, 0.15) is 5.82 Å². The number of carbonyl (C=O) groups is 1. The topological polar surface area (TPSA) is 50.2 Å². The van der Waals surface area contributed by atoms with Crippen LogP contribution in [-0.4, -0.2) is 21.8 Å². The highest BCUT2D eigenvalue weighted by atomic mass is 32.2. The highest BCUT2D eigenvalue weighted by molar-refractivity contribution is 7.99. The smallest absolute Gasteiger partial charge is 0.304 e. The number of thioether (sulfide) groups is 1. The van der Waals surface area contributed by atoms with Crippen LogP contribution in [0.3, 0.4) is 0 Å². The van der Waals surface area contributed by atoms with Gasteiger partial charge in [0.15, 0.2) is 0 Å². The van der Waals surface area contributed by atoms with Gasteiger partial charge in [-0.3, -0.25) is 9.78 Å². The molecule has 0 amide bonds. The van der Waals surface area contributed by atoms with Gasteiger partial charge in [0, 0.05) is 21.7 Å². The van der Waals surface area contributed by atoms with Crippen LogP contribution < -0.4 is 0 Å². The van der Waals surface area contributed by atoms with Gasteiger partial charge in [-0.05, 0) is 31.2 Å². The Labute approximate surface area is 108 Å². The number of hydrogen-bond donors (Lipinski definition) is 1. The van der Waals surface area contributed by atoms with E-state index < -0.39 is 5.97 Å². The number of benzene rings is 1. The molecule has 5 heteroatoms. The summed E-state index contributed by atoms with van der Waals surface area (Å²) in [4.78, 5) is 15.7. The fourth-order valence-corrected chi connectivity index (χ4v) is 2.73. The molecule has 0 saturated carbocycles. The molecule has 0 aliphatic heterocycles. The summed E-state index contributed by atoms with van der Waals surface area (Å²) in [5, 5.41) is 9.35. The number of aromatic nitrogens is 1. The molecular weight excluding hydrogens is 253 g/mol. The van der Waals surface area contributed by atoms with E-state index in [-0.39, 0.29) is 12.2 Å². The first kappa shape index (κ1) is 12.8. The van der Waals surface area contributed by atoms with Crippen LogP contribution in [0.2, 0.25) is 0 Å². The average Bonchev–Trinajstić information content (AvgIpc) is 2.29. The number of rotatable bonds is 4. The second kappa shape index (κ2) is 5.35. The largest absolute Gasteiger partial charge is 0.481 e. The third kappa shape index (κ3) is 2.98. The lowest BCUT2D eigenvalue weighted by molar-refractivity contribution is -0.136. The van der Waals surface area contributed by atoms with Crippen LogP contribution in [-0.2, 0) is 4.79 Å². The van der Waals surface area contributed by atoms with Gasteiger partial charge in [-0.15, -0.1) is 11.8 Å².